The standard InChI is InChI=1S/C18H31N/c1-16(2,3)13-10-14(17(4,5)6)12-15(11-13)19-18(7,8)9/h10-12,19H,1-9H3. The quantitative estimate of drug-likeness (QED) is 0.704. The minimum atomic E-state index is 0.0890. The third-order valence-corrected chi connectivity index (χ3v) is 3.18. The summed E-state index contributed by atoms with van der Waals surface area (Å²) in [6, 6.07) is 6.94. The smallest absolute Gasteiger partial charge is 0.0350 e. The van der Waals surface area contributed by atoms with Crippen LogP contribution in [0.2, 0.25) is 0 Å². The van der Waals surface area contributed by atoms with Crippen molar-refractivity contribution in [2.75, 3.05) is 5.32 Å². The molecule has 0 aliphatic carbocycles. The highest BCUT2D eigenvalue weighted by molar-refractivity contribution is 5.53. The summed E-state index contributed by atoms with van der Waals surface area (Å²) in [5.74, 6) is 0. The molecule has 19 heavy (non-hydrogen) atoms. The van der Waals surface area contributed by atoms with Crippen molar-refractivity contribution < 1.29 is 0 Å². The van der Waals surface area contributed by atoms with Gasteiger partial charge >= 0.3 is 0 Å². The molecule has 1 rings (SSSR count). The van der Waals surface area contributed by atoms with E-state index in [-0.39, 0.29) is 16.4 Å². The van der Waals surface area contributed by atoms with Gasteiger partial charge in [0.2, 0.25) is 0 Å². The highest BCUT2D eigenvalue weighted by Gasteiger charge is 2.21. The van der Waals surface area contributed by atoms with Gasteiger partial charge in [-0.3, -0.25) is 0 Å². The predicted octanol–water partition coefficient (Wildman–Crippen LogP) is 5.49. The van der Waals surface area contributed by atoms with Crippen molar-refractivity contribution in [3.63, 3.8) is 0 Å². The Kier molecular flexibility index (Phi) is 4.10. The van der Waals surface area contributed by atoms with E-state index in [4.69, 9.17) is 0 Å². The largest absolute Gasteiger partial charge is 0.380 e. The van der Waals surface area contributed by atoms with Gasteiger partial charge in [-0.05, 0) is 54.9 Å². The zero-order valence-corrected chi connectivity index (χ0v) is 14.2. The lowest BCUT2D eigenvalue weighted by Crippen LogP contribution is -2.27. The molecular formula is C18H31N. The minimum absolute atomic E-state index is 0.0890. The van der Waals surface area contributed by atoms with Gasteiger partial charge in [0.05, 0.1) is 0 Å². The molecule has 0 amide bonds. The molecule has 0 aliphatic rings. The molecule has 1 heteroatoms. The number of hydrogen-bond donors (Lipinski definition) is 1. The number of nitrogens with one attached hydrogen (secondary N) is 1. The normalized spacial score (nSPS) is 13.5. The zero-order chi connectivity index (χ0) is 15.1. The molecule has 0 heterocycles. The number of hydrogen-bond acceptors (Lipinski definition) is 1. The van der Waals surface area contributed by atoms with Gasteiger partial charge in [0, 0.05) is 11.2 Å². The third-order valence-electron chi connectivity index (χ3n) is 3.18. The third kappa shape index (κ3) is 4.89. The van der Waals surface area contributed by atoms with E-state index in [2.05, 4.69) is 85.8 Å². The Balaban J connectivity index is 3.33. The van der Waals surface area contributed by atoms with Crippen LogP contribution in [-0.2, 0) is 10.8 Å². The van der Waals surface area contributed by atoms with Crippen LogP contribution in [0.25, 0.3) is 0 Å². The lowest BCUT2D eigenvalue weighted by molar-refractivity contribution is 0.567. The van der Waals surface area contributed by atoms with Crippen LogP contribution in [0.3, 0.4) is 0 Å². The maximum atomic E-state index is 3.61. The van der Waals surface area contributed by atoms with Crippen LogP contribution < -0.4 is 5.32 Å². The van der Waals surface area contributed by atoms with E-state index in [1.165, 1.54) is 16.8 Å². The summed E-state index contributed by atoms with van der Waals surface area (Å²) in [6.07, 6.45) is 0. The van der Waals surface area contributed by atoms with Crippen LogP contribution >= 0.6 is 0 Å². The first-order chi connectivity index (χ1) is 8.29. The highest BCUT2D eigenvalue weighted by Crippen LogP contribution is 2.32. The van der Waals surface area contributed by atoms with Crippen LogP contribution in [-0.4, -0.2) is 5.54 Å². The summed E-state index contributed by atoms with van der Waals surface area (Å²) in [5.41, 5.74) is 4.46. The molecular weight excluding hydrogens is 230 g/mol. The molecule has 0 atom stereocenters. The fraction of sp³-hybridized carbons (Fsp3) is 0.667. The van der Waals surface area contributed by atoms with Gasteiger partial charge < -0.3 is 5.32 Å². The summed E-state index contributed by atoms with van der Waals surface area (Å²) < 4.78 is 0. The maximum Gasteiger partial charge on any atom is 0.0350 e. The molecule has 0 radical (unpaired) electrons. The molecule has 0 bridgehead atoms. The molecule has 0 aromatic heterocycles. The van der Waals surface area contributed by atoms with Gasteiger partial charge in [-0.2, -0.15) is 0 Å². The SMILES string of the molecule is CC(C)(C)Nc1cc(C(C)(C)C)cc(C(C)(C)C)c1. The molecule has 1 N–H and O–H groups in total. The monoisotopic (exact) mass is 261 g/mol. The summed E-state index contributed by atoms with van der Waals surface area (Å²) in [5, 5.41) is 3.61. The van der Waals surface area contributed by atoms with E-state index in [9.17, 15) is 0 Å². The number of rotatable bonds is 1. The maximum absolute atomic E-state index is 3.61. The lowest BCUT2D eigenvalue weighted by atomic mass is 9.80. The van der Waals surface area contributed by atoms with Crippen LogP contribution in [0.1, 0.15) is 73.4 Å². The lowest BCUT2D eigenvalue weighted by Gasteiger charge is -2.29. The van der Waals surface area contributed by atoms with Gasteiger partial charge in [-0.1, -0.05) is 47.6 Å². The number of benzene rings is 1. The summed E-state index contributed by atoms with van der Waals surface area (Å²) in [6.45, 7) is 20.2. The van der Waals surface area contributed by atoms with Crippen molar-refractivity contribution >= 4 is 5.69 Å². The second-order valence-electron chi connectivity index (χ2n) is 8.67. The van der Waals surface area contributed by atoms with Crippen LogP contribution in [0.15, 0.2) is 18.2 Å². The van der Waals surface area contributed by atoms with E-state index >= 15 is 0 Å². The van der Waals surface area contributed by atoms with E-state index in [1.807, 2.05) is 0 Å². The van der Waals surface area contributed by atoms with Gasteiger partial charge in [0.1, 0.15) is 0 Å². The fourth-order valence-corrected chi connectivity index (χ4v) is 2.00. The molecule has 1 nitrogen and oxygen atoms in total. The number of anilines is 1. The highest BCUT2D eigenvalue weighted by atomic mass is 14.9. The average Bonchev–Trinajstić information content (AvgIpc) is 2.11. The minimum Gasteiger partial charge on any atom is -0.380 e. The van der Waals surface area contributed by atoms with Crippen LogP contribution in [0.4, 0.5) is 5.69 Å². The Morgan fingerprint density at radius 2 is 1.00 bits per heavy atom. The van der Waals surface area contributed by atoms with Crippen molar-refractivity contribution in [3.8, 4) is 0 Å². The van der Waals surface area contributed by atoms with Crippen molar-refractivity contribution in [1.82, 2.24) is 0 Å². The summed E-state index contributed by atoms with van der Waals surface area (Å²) >= 11 is 0. The first-order valence-corrected chi connectivity index (χ1v) is 7.23. The second-order valence-corrected chi connectivity index (χ2v) is 8.67. The predicted molar refractivity (Wildman–Crippen MR) is 87.2 cm³/mol. The van der Waals surface area contributed by atoms with E-state index in [0.717, 1.165) is 0 Å². The molecule has 0 spiro atoms. The van der Waals surface area contributed by atoms with Crippen molar-refractivity contribution in [3.05, 3.63) is 29.3 Å². The average molecular weight is 261 g/mol. The Morgan fingerprint density at radius 1 is 0.632 bits per heavy atom. The molecule has 1 aromatic rings. The van der Waals surface area contributed by atoms with E-state index < -0.39 is 0 Å². The van der Waals surface area contributed by atoms with Gasteiger partial charge in [-0.25, -0.2) is 0 Å². The van der Waals surface area contributed by atoms with E-state index in [1.54, 1.807) is 0 Å². The molecule has 0 fully saturated rings. The summed E-state index contributed by atoms with van der Waals surface area (Å²) in [7, 11) is 0. The van der Waals surface area contributed by atoms with E-state index in [0.29, 0.717) is 0 Å². The molecule has 1 aromatic carbocycles. The first kappa shape index (κ1) is 16.1. The van der Waals surface area contributed by atoms with Crippen molar-refractivity contribution in [2.45, 2.75) is 78.7 Å². The molecule has 0 saturated heterocycles. The second kappa shape index (κ2) is 4.85. The Labute approximate surface area is 119 Å². The molecule has 0 unspecified atom stereocenters. The van der Waals surface area contributed by atoms with Crippen LogP contribution in [0, 0.1) is 0 Å². The molecule has 0 saturated carbocycles. The van der Waals surface area contributed by atoms with Gasteiger partial charge in [0.15, 0.2) is 0 Å². The van der Waals surface area contributed by atoms with Gasteiger partial charge in [-0.15, -0.1) is 0 Å². The summed E-state index contributed by atoms with van der Waals surface area (Å²) in [4.78, 5) is 0. The van der Waals surface area contributed by atoms with Gasteiger partial charge in [0.25, 0.3) is 0 Å². The Morgan fingerprint density at radius 3 is 1.26 bits per heavy atom. The molecule has 0 aliphatic heterocycles. The van der Waals surface area contributed by atoms with Crippen molar-refractivity contribution in [2.24, 2.45) is 0 Å². The topological polar surface area (TPSA) is 12.0 Å². The molecule has 108 valence electrons. The Bertz CT molecular complexity index is 404. The zero-order valence-electron chi connectivity index (χ0n) is 14.2. The van der Waals surface area contributed by atoms with Crippen molar-refractivity contribution in [1.29, 1.82) is 0 Å². The Hall–Kier alpha value is -0.980. The van der Waals surface area contributed by atoms with Crippen LogP contribution in [0.5, 0.6) is 0 Å². The first-order valence-electron chi connectivity index (χ1n) is 7.23. The fourth-order valence-electron chi connectivity index (χ4n) is 2.00.